The standard InChI is InChI=1S/C22H26N2O2/c1-22-9-10-24(2)19(12-14-7-8-17(26-3)13-18(14)22)20(22)15-5-4-6-16(11-15)21(23)25/h4-8,11,13,19-20H,9-10,12H2,1-3H3,(H2,23,25)/t19?,20-,22+/m0/s1. The van der Waals surface area contributed by atoms with Gasteiger partial charge in [0.05, 0.1) is 7.11 Å². The Morgan fingerprint density at radius 2 is 2.08 bits per heavy atom. The van der Waals surface area contributed by atoms with Crippen LogP contribution in [0.5, 0.6) is 5.75 Å². The van der Waals surface area contributed by atoms with Gasteiger partial charge in [0.15, 0.2) is 0 Å². The number of nitrogens with two attached hydrogens (primary N) is 1. The molecule has 1 fully saturated rings. The zero-order chi connectivity index (χ0) is 18.5. The highest BCUT2D eigenvalue weighted by molar-refractivity contribution is 5.92. The number of nitrogens with zero attached hydrogens (tertiary/aromatic N) is 1. The molecule has 1 aliphatic carbocycles. The third-order valence-electron chi connectivity index (χ3n) is 6.51. The number of likely N-dealkylation sites (tertiary alicyclic amines) is 1. The van der Waals surface area contributed by atoms with E-state index in [4.69, 9.17) is 10.5 Å². The second-order valence-electron chi connectivity index (χ2n) is 7.91. The highest BCUT2D eigenvalue weighted by Crippen LogP contribution is 2.53. The van der Waals surface area contributed by atoms with E-state index in [1.54, 1.807) is 13.2 Å². The molecule has 2 aromatic carbocycles. The highest BCUT2D eigenvalue weighted by Gasteiger charge is 2.50. The number of hydrogen-bond acceptors (Lipinski definition) is 3. The second kappa shape index (κ2) is 6.13. The number of hydrogen-bond donors (Lipinski definition) is 1. The van der Waals surface area contributed by atoms with Crippen molar-refractivity contribution in [2.24, 2.45) is 5.73 Å². The first kappa shape index (κ1) is 17.1. The van der Waals surface area contributed by atoms with Crippen molar-refractivity contribution in [3.63, 3.8) is 0 Å². The lowest BCUT2D eigenvalue weighted by atomic mass is 9.56. The normalized spacial score (nSPS) is 27.7. The predicted molar refractivity (Wildman–Crippen MR) is 103 cm³/mol. The van der Waals surface area contributed by atoms with Gasteiger partial charge in [0.1, 0.15) is 5.75 Å². The van der Waals surface area contributed by atoms with Gasteiger partial charge in [0, 0.05) is 22.9 Å². The fourth-order valence-corrected chi connectivity index (χ4v) is 5.08. The molecule has 0 aromatic heterocycles. The van der Waals surface area contributed by atoms with Crippen molar-refractivity contribution in [1.82, 2.24) is 4.90 Å². The molecule has 4 nitrogen and oxygen atoms in total. The van der Waals surface area contributed by atoms with E-state index in [0.717, 1.165) is 25.1 Å². The van der Waals surface area contributed by atoms with E-state index in [-0.39, 0.29) is 11.3 Å². The van der Waals surface area contributed by atoms with Gasteiger partial charge in [-0.1, -0.05) is 25.1 Å². The number of carbonyl (C=O) groups is 1. The van der Waals surface area contributed by atoms with Gasteiger partial charge >= 0.3 is 0 Å². The number of primary amides is 1. The summed E-state index contributed by atoms with van der Waals surface area (Å²) in [7, 11) is 3.93. The van der Waals surface area contributed by atoms with Crippen LogP contribution >= 0.6 is 0 Å². The van der Waals surface area contributed by atoms with Crippen LogP contribution in [-0.4, -0.2) is 37.6 Å². The first-order chi connectivity index (χ1) is 12.4. The Bertz CT molecular complexity index is 863. The summed E-state index contributed by atoms with van der Waals surface area (Å²) in [4.78, 5) is 14.2. The van der Waals surface area contributed by atoms with Crippen LogP contribution in [0.4, 0.5) is 0 Å². The Hall–Kier alpha value is -2.33. The highest BCUT2D eigenvalue weighted by atomic mass is 16.5. The Morgan fingerprint density at radius 1 is 1.27 bits per heavy atom. The van der Waals surface area contributed by atoms with Crippen molar-refractivity contribution < 1.29 is 9.53 Å². The second-order valence-corrected chi connectivity index (χ2v) is 7.91. The maximum atomic E-state index is 11.7. The van der Waals surface area contributed by atoms with Gasteiger partial charge in [-0.2, -0.15) is 0 Å². The van der Waals surface area contributed by atoms with Crippen LogP contribution in [0.2, 0.25) is 0 Å². The van der Waals surface area contributed by atoms with Crippen molar-refractivity contribution in [1.29, 1.82) is 0 Å². The summed E-state index contributed by atoms with van der Waals surface area (Å²) in [5, 5.41) is 0. The first-order valence-corrected chi connectivity index (χ1v) is 9.21. The third-order valence-corrected chi connectivity index (χ3v) is 6.51. The molecule has 2 bridgehead atoms. The molecule has 2 aliphatic rings. The number of piperidine rings is 1. The van der Waals surface area contributed by atoms with Gasteiger partial charge < -0.3 is 15.4 Å². The molecular formula is C22H26N2O2. The van der Waals surface area contributed by atoms with E-state index in [1.807, 2.05) is 12.1 Å². The number of amides is 1. The number of fused-ring (bicyclic) bond motifs is 4. The summed E-state index contributed by atoms with van der Waals surface area (Å²) in [6.45, 7) is 3.44. The number of methoxy groups -OCH3 is 1. The van der Waals surface area contributed by atoms with Crippen molar-refractivity contribution in [2.75, 3.05) is 20.7 Å². The van der Waals surface area contributed by atoms with Gasteiger partial charge in [0.2, 0.25) is 5.91 Å². The van der Waals surface area contributed by atoms with Crippen LogP contribution in [0.25, 0.3) is 0 Å². The molecule has 1 heterocycles. The SMILES string of the molecule is COc1ccc2c(c1)[C@@]1(C)CCN(C)C(C2)[C@@H]1c1cccc(C(N)=O)c1. The minimum absolute atomic E-state index is 0.00949. The average Bonchev–Trinajstić information content (AvgIpc) is 2.65. The number of ether oxygens (including phenoxy) is 1. The maximum Gasteiger partial charge on any atom is 0.248 e. The zero-order valence-electron chi connectivity index (χ0n) is 15.7. The van der Waals surface area contributed by atoms with E-state index >= 15 is 0 Å². The molecule has 3 atom stereocenters. The van der Waals surface area contributed by atoms with Crippen LogP contribution in [-0.2, 0) is 11.8 Å². The van der Waals surface area contributed by atoms with Crippen molar-refractivity contribution in [2.45, 2.75) is 37.1 Å². The van der Waals surface area contributed by atoms with Crippen LogP contribution in [0.3, 0.4) is 0 Å². The lowest BCUT2D eigenvalue weighted by Crippen LogP contribution is -2.56. The number of likely N-dealkylation sites (N-methyl/N-ethyl adjacent to an activating group) is 1. The monoisotopic (exact) mass is 350 g/mol. The molecule has 4 rings (SSSR count). The summed E-state index contributed by atoms with van der Waals surface area (Å²) in [6.07, 6.45) is 2.09. The molecule has 0 saturated carbocycles. The predicted octanol–water partition coefficient (Wildman–Crippen LogP) is 3.10. The molecule has 1 aliphatic heterocycles. The molecule has 136 valence electrons. The molecule has 26 heavy (non-hydrogen) atoms. The summed E-state index contributed by atoms with van der Waals surface area (Å²) in [6, 6.07) is 14.8. The van der Waals surface area contributed by atoms with E-state index < -0.39 is 0 Å². The van der Waals surface area contributed by atoms with Gasteiger partial charge in [-0.05, 0) is 67.4 Å². The molecule has 0 radical (unpaired) electrons. The van der Waals surface area contributed by atoms with Crippen LogP contribution in [0, 0.1) is 0 Å². The van der Waals surface area contributed by atoms with Crippen LogP contribution < -0.4 is 10.5 Å². The molecule has 2 N–H and O–H groups in total. The smallest absolute Gasteiger partial charge is 0.248 e. The minimum Gasteiger partial charge on any atom is -0.497 e. The minimum atomic E-state index is -0.367. The van der Waals surface area contributed by atoms with Crippen molar-refractivity contribution in [3.05, 3.63) is 64.7 Å². The Kier molecular flexibility index (Phi) is 4.03. The van der Waals surface area contributed by atoms with Gasteiger partial charge in [-0.3, -0.25) is 4.79 Å². The number of benzene rings is 2. The lowest BCUT2D eigenvalue weighted by molar-refractivity contribution is 0.0828. The molecular weight excluding hydrogens is 324 g/mol. The van der Waals surface area contributed by atoms with Crippen LogP contribution in [0.1, 0.15) is 46.3 Å². The maximum absolute atomic E-state index is 11.7. The number of rotatable bonds is 3. The fourth-order valence-electron chi connectivity index (χ4n) is 5.08. The van der Waals surface area contributed by atoms with E-state index in [9.17, 15) is 4.79 Å². The molecule has 1 amide bonds. The van der Waals surface area contributed by atoms with Gasteiger partial charge in [-0.15, -0.1) is 0 Å². The quantitative estimate of drug-likeness (QED) is 0.925. The van der Waals surface area contributed by atoms with E-state index in [1.165, 1.54) is 16.7 Å². The molecule has 4 heteroatoms. The first-order valence-electron chi connectivity index (χ1n) is 9.21. The van der Waals surface area contributed by atoms with Crippen LogP contribution in [0.15, 0.2) is 42.5 Å². The Labute approximate surface area is 155 Å². The summed E-state index contributed by atoms with van der Waals surface area (Å²) in [5.74, 6) is 0.862. The third kappa shape index (κ3) is 2.52. The van der Waals surface area contributed by atoms with E-state index in [0.29, 0.717) is 17.5 Å². The van der Waals surface area contributed by atoms with Gasteiger partial charge in [0.25, 0.3) is 0 Å². The summed E-state index contributed by atoms with van der Waals surface area (Å²) >= 11 is 0. The molecule has 0 spiro atoms. The largest absolute Gasteiger partial charge is 0.497 e. The number of carbonyl (C=O) groups excluding carboxylic acids is 1. The van der Waals surface area contributed by atoms with Gasteiger partial charge in [-0.25, -0.2) is 0 Å². The average molecular weight is 350 g/mol. The Morgan fingerprint density at radius 3 is 2.81 bits per heavy atom. The summed E-state index contributed by atoms with van der Waals surface area (Å²) < 4.78 is 5.50. The van der Waals surface area contributed by atoms with Crippen molar-refractivity contribution >= 4 is 5.91 Å². The zero-order valence-corrected chi connectivity index (χ0v) is 15.7. The van der Waals surface area contributed by atoms with E-state index in [2.05, 4.69) is 43.1 Å². The topological polar surface area (TPSA) is 55.6 Å². The summed E-state index contributed by atoms with van der Waals surface area (Å²) in [5.41, 5.74) is 10.1. The fraction of sp³-hybridized carbons (Fsp3) is 0.409. The Balaban J connectivity index is 1.88. The lowest BCUT2D eigenvalue weighted by Gasteiger charge is -2.55. The van der Waals surface area contributed by atoms with Crippen molar-refractivity contribution in [3.8, 4) is 5.75 Å². The molecule has 1 unspecified atom stereocenters. The molecule has 2 aromatic rings. The molecule has 1 saturated heterocycles.